The lowest BCUT2D eigenvalue weighted by Gasteiger charge is -2.32. The van der Waals surface area contributed by atoms with Gasteiger partial charge in [-0.2, -0.15) is 0 Å². The van der Waals surface area contributed by atoms with Gasteiger partial charge in [-0.3, -0.25) is 0 Å². The van der Waals surface area contributed by atoms with Crippen LogP contribution in [0.5, 0.6) is 0 Å². The summed E-state index contributed by atoms with van der Waals surface area (Å²) in [4.78, 5) is 9.02. The number of nitrogens with one attached hydrogen (secondary N) is 2. The van der Waals surface area contributed by atoms with E-state index < -0.39 is 0 Å². The molecule has 0 aliphatic carbocycles. The molecule has 0 bridgehead atoms. The van der Waals surface area contributed by atoms with E-state index in [1.54, 1.807) is 14.2 Å². The van der Waals surface area contributed by atoms with E-state index in [9.17, 15) is 0 Å². The minimum atomic E-state index is -0.294. The van der Waals surface area contributed by atoms with Gasteiger partial charge in [-0.1, -0.05) is 12.1 Å². The van der Waals surface area contributed by atoms with Crippen LogP contribution >= 0.6 is 0 Å². The van der Waals surface area contributed by atoms with Crippen LogP contribution in [0.3, 0.4) is 0 Å². The lowest BCUT2D eigenvalue weighted by Crippen LogP contribution is -2.46. The number of aromatic nitrogens is 2. The zero-order valence-corrected chi connectivity index (χ0v) is 10.2. The Labute approximate surface area is 104 Å². The largest absolute Gasteiger partial charge is 0.357 e. The van der Waals surface area contributed by atoms with Gasteiger partial charge in [0.15, 0.2) is 24.1 Å². The van der Waals surface area contributed by atoms with Gasteiger partial charge in [0.05, 0.1) is 11.0 Å². The fourth-order valence-corrected chi connectivity index (χ4v) is 1.99. The molecule has 2 N–H and O–H groups in total. The molecule has 2 heterocycles. The van der Waals surface area contributed by atoms with E-state index >= 15 is 0 Å². The van der Waals surface area contributed by atoms with E-state index in [0.717, 1.165) is 11.0 Å². The van der Waals surface area contributed by atoms with Crippen LogP contribution in [0, 0.1) is 0 Å². The topological polar surface area (TPSA) is 68.3 Å². The highest BCUT2D eigenvalue weighted by atomic mass is 16.5. The summed E-state index contributed by atoms with van der Waals surface area (Å²) in [5.41, 5.74) is 1.69. The monoisotopic (exact) mass is 246 g/mol. The maximum atomic E-state index is 5.30. The molecule has 0 spiro atoms. The number of para-hydroxylation sites is 2. The maximum Gasteiger partial charge on any atom is 0.173 e. The third-order valence-corrected chi connectivity index (χ3v) is 2.91. The molecular formula is C12H14N4O2. The number of anilines is 2. The summed E-state index contributed by atoms with van der Waals surface area (Å²) in [5.74, 6) is 1.35. The molecule has 6 nitrogen and oxygen atoms in total. The second-order valence-electron chi connectivity index (χ2n) is 4.01. The molecule has 3 rings (SSSR count). The van der Waals surface area contributed by atoms with Crippen LogP contribution in [0.15, 0.2) is 24.3 Å². The third kappa shape index (κ3) is 1.75. The number of hydrogen-bond donors (Lipinski definition) is 2. The summed E-state index contributed by atoms with van der Waals surface area (Å²) < 4.78 is 10.6. The van der Waals surface area contributed by atoms with E-state index in [-0.39, 0.29) is 12.5 Å². The standard InChI is InChI=1S/C12H14N4O2/c1-17-11-12(18-2)16-10-9(15-11)13-7-5-3-4-6-8(7)14-10/h3-6,11-12H,1-2H3,(H,13,15)(H,14,16). The Morgan fingerprint density at radius 2 is 1.33 bits per heavy atom. The van der Waals surface area contributed by atoms with Crippen molar-refractivity contribution in [1.82, 2.24) is 9.97 Å². The number of fused-ring (bicyclic) bond motifs is 2. The van der Waals surface area contributed by atoms with Crippen LogP contribution in [0.4, 0.5) is 11.6 Å². The maximum absolute atomic E-state index is 5.30. The Bertz CT molecular complexity index is 525. The highest BCUT2D eigenvalue weighted by molar-refractivity contribution is 5.80. The number of benzene rings is 1. The molecule has 0 amide bonds. The van der Waals surface area contributed by atoms with Gasteiger partial charge in [-0.25, -0.2) is 9.97 Å². The fourth-order valence-electron chi connectivity index (χ4n) is 1.99. The first kappa shape index (κ1) is 11.2. The van der Waals surface area contributed by atoms with Crippen molar-refractivity contribution in [2.24, 2.45) is 0 Å². The first-order chi connectivity index (χ1) is 8.81. The first-order valence-electron chi connectivity index (χ1n) is 5.67. The third-order valence-electron chi connectivity index (χ3n) is 2.91. The normalized spacial score (nSPS) is 22.1. The summed E-state index contributed by atoms with van der Waals surface area (Å²) in [7, 11) is 3.23. The van der Waals surface area contributed by atoms with Crippen LogP contribution in [-0.2, 0) is 9.47 Å². The van der Waals surface area contributed by atoms with Crippen molar-refractivity contribution < 1.29 is 9.47 Å². The second-order valence-corrected chi connectivity index (χ2v) is 4.01. The molecule has 0 fully saturated rings. The molecule has 18 heavy (non-hydrogen) atoms. The van der Waals surface area contributed by atoms with E-state index in [1.165, 1.54) is 0 Å². The molecule has 1 aromatic carbocycles. The zero-order valence-electron chi connectivity index (χ0n) is 10.2. The Hall–Kier alpha value is -1.92. The summed E-state index contributed by atoms with van der Waals surface area (Å²) in [5, 5.41) is 6.31. The smallest absolute Gasteiger partial charge is 0.173 e. The molecule has 6 heteroatoms. The molecule has 0 saturated carbocycles. The minimum absolute atomic E-state index is 0.294. The van der Waals surface area contributed by atoms with Crippen molar-refractivity contribution in [3.05, 3.63) is 24.3 Å². The Morgan fingerprint density at radius 3 is 1.72 bits per heavy atom. The van der Waals surface area contributed by atoms with Gasteiger partial charge in [0.2, 0.25) is 0 Å². The predicted molar refractivity (Wildman–Crippen MR) is 68.4 cm³/mol. The van der Waals surface area contributed by atoms with Crippen molar-refractivity contribution in [2.75, 3.05) is 24.9 Å². The number of ether oxygens (including phenoxy) is 2. The summed E-state index contributed by atoms with van der Waals surface area (Å²) >= 11 is 0. The molecule has 0 saturated heterocycles. The van der Waals surface area contributed by atoms with Crippen LogP contribution in [0.25, 0.3) is 11.0 Å². The van der Waals surface area contributed by atoms with Crippen LogP contribution in [0.2, 0.25) is 0 Å². The molecular weight excluding hydrogens is 232 g/mol. The van der Waals surface area contributed by atoms with Gasteiger partial charge in [0.1, 0.15) is 0 Å². The van der Waals surface area contributed by atoms with E-state index in [2.05, 4.69) is 20.6 Å². The van der Waals surface area contributed by atoms with Crippen LogP contribution in [0.1, 0.15) is 0 Å². The molecule has 1 aliphatic heterocycles. The summed E-state index contributed by atoms with van der Waals surface area (Å²) in [6.45, 7) is 0. The molecule has 94 valence electrons. The quantitative estimate of drug-likeness (QED) is 0.835. The Kier molecular flexibility index (Phi) is 2.73. The Morgan fingerprint density at radius 1 is 0.889 bits per heavy atom. The summed E-state index contributed by atoms with van der Waals surface area (Å²) in [6.07, 6.45) is -0.587. The van der Waals surface area contributed by atoms with E-state index in [0.29, 0.717) is 11.6 Å². The number of methoxy groups -OCH3 is 2. The molecule has 2 atom stereocenters. The number of rotatable bonds is 2. The Balaban J connectivity index is 2.06. The average Bonchev–Trinajstić information content (AvgIpc) is 2.43. The highest BCUT2D eigenvalue weighted by Gasteiger charge is 2.29. The molecule has 0 radical (unpaired) electrons. The van der Waals surface area contributed by atoms with Crippen molar-refractivity contribution in [3.63, 3.8) is 0 Å². The van der Waals surface area contributed by atoms with Crippen molar-refractivity contribution >= 4 is 22.7 Å². The molecule has 2 aromatic rings. The number of nitrogens with zero attached hydrogens (tertiary/aromatic N) is 2. The first-order valence-corrected chi connectivity index (χ1v) is 5.67. The van der Waals surface area contributed by atoms with Gasteiger partial charge in [-0.05, 0) is 12.1 Å². The van der Waals surface area contributed by atoms with Gasteiger partial charge in [-0.15, -0.1) is 0 Å². The van der Waals surface area contributed by atoms with Crippen molar-refractivity contribution in [1.29, 1.82) is 0 Å². The minimum Gasteiger partial charge on any atom is -0.357 e. The van der Waals surface area contributed by atoms with Crippen LogP contribution < -0.4 is 10.6 Å². The van der Waals surface area contributed by atoms with Gasteiger partial charge >= 0.3 is 0 Å². The highest BCUT2D eigenvalue weighted by Crippen LogP contribution is 2.27. The van der Waals surface area contributed by atoms with Crippen LogP contribution in [-0.4, -0.2) is 36.6 Å². The SMILES string of the molecule is COC1Nc2nc3ccccc3nc2NC1OC. The molecule has 1 aromatic heterocycles. The average molecular weight is 246 g/mol. The lowest BCUT2D eigenvalue weighted by atomic mass is 10.3. The fraction of sp³-hybridized carbons (Fsp3) is 0.333. The van der Waals surface area contributed by atoms with Crippen molar-refractivity contribution in [3.8, 4) is 0 Å². The van der Waals surface area contributed by atoms with Crippen molar-refractivity contribution in [2.45, 2.75) is 12.5 Å². The van der Waals surface area contributed by atoms with E-state index in [4.69, 9.17) is 9.47 Å². The molecule has 2 unspecified atom stereocenters. The lowest BCUT2D eigenvalue weighted by molar-refractivity contribution is -0.00852. The van der Waals surface area contributed by atoms with Gasteiger partial charge in [0, 0.05) is 14.2 Å². The van der Waals surface area contributed by atoms with Gasteiger partial charge < -0.3 is 20.1 Å². The second kappa shape index (κ2) is 4.40. The predicted octanol–water partition coefficient (Wildman–Crippen LogP) is 1.41. The van der Waals surface area contributed by atoms with E-state index in [1.807, 2.05) is 24.3 Å². The zero-order chi connectivity index (χ0) is 12.5. The number of hydrogen-bond acceptors (Lipinski definition) is 6. The molecule has 1 aliphatic rings. The van der Waals surface area contributed by atoms with Gasteiger partial charge in [0.25, 0.3) is 0 Å². The summed E-state index contributed by atoms with van der Waals surface area (Å²) in [6, 6.07) is 7.72.